The number of benzene rings is 1. The van der Waals surface area contributed by atoms with E-state index in [9.17, 15) is 19.3 Å². The Balaban J connectivity index is 2.21. The predicted octanol–water partition coefficient (Wildman–Crippen LogP) is 2.55. The smallest absolute Gasteiger partial charge is 0.305 e. The van der Waals surface area contributed by atoms with E-state index in [4.69, 9.17) is 0 Å². The Bertz CT molecular complexity index is 750. The Morgan fingerprint density at radius 1 is 1.30 bits per heavy atom. The molecule has 0 radical (unpaired) electrons. The van der Waals surface area contributed by atoms with Crippen LogP contribution in [0.3, 0.4) is 0 Å². The number of halogens is 1. The largest absolute Gasteiger partial charge is 0.362 e. The summed E-state index contributed by atoms with van der Waals surface area (Å²) in [5.41, 5.74) is 0.171. The fourth-order valence-electron chi connectivity index (χ4n) is 2.10. The minimum atomic E-state index is -1.01. The molecule has 0 spiro atoms. The summed E-state index contributed by atoms with van der Waals surface area (Å²) in [6, 6.07) is 5.79. The number of aromatic amines is 1. The average Bonchev–Trinajstić information content (AvgIpc) is 2.99. The van der Waals surface area contributed by atoms with Crippen LogP contribution in [0.15, 0.2) is 30.5 Å². The van der Waals surface area contributed by atoms with Crippen LogP contribution in [0.1, 0.15) is 11.3 Å². The number of anilines is 1. The van der Waals surface area contributed by atoms with Crippen molar-refractivity contribution in [3.05, 3.63) is 57.7 Å². The van der Waals surface area contributed by atoms with Crippen molar-refractivity contribution < 1.29 is 14.1 Å². The number of aromatic nitrogens is 1. The molecule has 2 heterocycles. The molecule has 100 valence electrons. The molecule has 3 rings (SSSR count). The number of rotatable bonds is 2. The number of carbonyl (C=O) groups is 1. The first kappa shape index (κ1) is 12.1. The number of hydrogen-bond donors (Lipinski definition) is 2. The second-order valence-corrected chi connectivity index (χ2v) is 4.22. The molecule has 2 N–H and O–H groups in total. The van der Waals surface area contributed by atoms with Crippen LogP contribution in [0, 0.1) is 15.9 Å². The molecule has 0 unspecified atom stereocenters. The molecule has 2 aromatic rings. The van der Waals surface area contributed by atoms with Gasteiger partial charge in [-0.2, -0.15) is 4.39 Å². The average molecular weight is 273 g/mol. The van der Waals surface area contributed by atoms with Crippen molar-refractivity contribution in [3.63, 3.8) is 0 Å². The third-order valence-electron chi connectivity index (χ3n) is 3.00. The maximum absolute atomic E-state index is 14.2. The second kappa shape index (κ2) is 4.30. The van der Waals surface area contributed by atoms with Crippen molar-refractivity contribution in [2.24, 2.45) is 0 Å². The molecule has 0 atom stereocenters. The molecule has 7 heteroatoms. The van der Waals surface area contributed by atoms with Gasteiger partial charge >= 0.3 is 5.69 Å². The topological polar surface area (TPSA) is 88.0 Å². The Hall–Kier alpha value is -2.96. The number of H-pyrrole nitrogens is 1. The van der Waals surface area contributed by atoms with Gasteiger partial charge in [0, 0.05) is 18.0 Å². The molecule has 20 heavy (non-hydrogen) atoms. The fourth-order valence-corrected chi connectivity index (χ4v) is 2.10. The fraction of sp³-hybridized carbons (Fsp3) is 0. The summed E-state index contributed by atoms with van der Waals surface area (Å²) in [4.78, 5) is 24.7. The highest BCUT2D eigenvalue weighted by atomic mass is 19.1. The van der Waals surface area contributed by atoms with Gasteiger partial charge in [0.05, 0.1) is 21.7 Å². The van der Waals surface area contributed by atoms with Gasteiger partial charge in [-0.25, -0.2) is 0 Å². The maximum Gasteiger partial charge on any atom is 0.305 e. The first-order chi connectivity index (χ1) is 9.58. The summed E-state index contributed by atoms with van der Waals surface area (Å²) in [5.74, 6) is -1.50. The Morgan fingerprint density at radius 2 is 2.10 bits per heavy atom. The van der Waals surface area contributed by atoms with E-state index in [0.29, 0.717) is 5.69 Å². The van der Waals surface area contributed by atoms with E-state index in [1.54, 1.807) is 18.3 Å². The van der Waals surface area contributed by atoms with Gasteiger partial charge in [-0.1, -0.05) is 0 Å². The normalized spacial score (nSPS) is 15.2. The van der Waals surface area contributed by atoms with E-state index in [1.807, 2.05) is 0 Å². The van der Waals surface area contributed by atoms with E-state index in [-0.39, 0.29) is 16.8 Å². The summed E-state index contributed by atoms with van der Waals surface area (Å²) < 4.78 is 14.2. The molecule has 1 aliphatic heterocycles. The number of nitrogens with zero attached hydrogens (tertiary/aromatic N) is 1. The number of hydrogen-bond acceptors (Lipinski definition) is 3. The van der Waals surface area contributed by atoms with E-state index >= 15 is 0 Å². The summed E-state index contributed by atoms with van der Waals surface area (Å²) in [7, 11) is 0. The van der Waals surface area contributed by atoms with Crippen LogP contribution in [0.4, 0.5) is 15.8 Å². The first-order valence-corrected chi connectivity index (χ1v) is 5.71. The van der Waals surface area contributed by atoms with Crippen LogP contribution in [0.2, 0.25) is 0 Å². The quantitative estimate of drug-likeness (QED) is 0.500. The van der Waals surface area contributed by atoms with Gasteiger partial charge < -0.3 is 10.3 Å². The summed E-state index contributed by atoms with van der Waals surface area (Å²) >= 11 is 0. The maximum atomic E-state index is 14.2. The molecule has 0 aliphatic carbocycles. The van der Waals surface area contributed by atoms with E-state index in [2.05, 4.69) is 10.3 Å². The number of nitrogens with one attached hydrogen (secondary N) is 2. The molecule has 0 saturated carbocycles. The summed E-state index contributed by atoms with van der Waals surface area (Å²) in [6.45, 7) is 0. The van der Waals surface area contributed by atoms with Crippen LogP contribution in [0.5, 0.6) is 0 Å². The monoisotopic (exact) mass is 273 g/mol. The summed E-state index contributed by atoms with van der Waals surface area (Å²) in [5, 5.41) is 13.2. The lowest BCUT2D eigenvalue weighted by Crippen LogP contribution is -2.03. The van der Waals surface area contributed by atoms with Crippen molar-refractivity contribution in [2.45, 2.75) is 0 Å². The third-order valence-corrected chi connectivity index (χ3v) is 3.00. The van der Waals surface area contributed by atoms with E-state index in [0.717, 1.165) is 6.07 Å². The van der Waals surface area contributed by atoms with Gasteiger partial charge in [-0.05, 0) is 24.3 Å². The van der Waals surface area contributed by atoms with Gasteiger partial charge in [-0.3, -0.25) is 14.9 Å². The summed E-state index contributed by atoms with van der Waals surface area (Å²) in [6.07, 6.45) is 3.11. The van der Waals surface area contributed by atoms with Gasteiger partial charge in [-0.15, -0.1) is 0 Å². The third kappa shape index (κ3) is 1.76. The predicted molar refractivity (Wildman–Crippen MR) is 70.3 cm³/mol. The van der Waals surface area contributed by atoms with Gasteiger partial charge in [0.1, 0.15) is 0 Å². The standard InChI is InChI=1S/C13H8FN3O3/c14-12-10(17(19)20)4-3-9-11(12)8(13(18)16-9)6-7-2-1-5-15-7/h1-6,15H,(H,16,18). The minimum Gasteiger partial charge on any atom is -0.362 e. The molecule has 1 aliphatic rings. The number of amides is 1. The molecule has 1 amide bonds. The molecular formula is C13H8FN3O3. The van der Waals surface area contributed by atoms with Crippen LogP contribution in [-0.4, -0.2) is 15.8 Å². The molecule has 0 fully saturated rings. The second-order valence-electron chi connectivity index (χ2n) is 4.22. The Morgan fingerprint density at radius 3 is 2.75 bits per heavy atom. The van der Waals surface area contributed by atoms with E-state index < -0.39 is 22.3 Å². The zero-order valence-corrected chi connectivity index (χ0v) is 10.0. The Labute approximate surface area is 112 Å². The van der Waals surface area contributed by atoms with Crippen molar-refractivity contribution in [2.75, 3.05) is 5.32 Å². The highest BCUT2D eigenvalue weighted by Gasteiger charge is 2.32. The highest BCUT2D eigenvalue weighted by Crippen LogP contribution is 2.38. The molecular weight excluding hydrogens is 265 g/mol. The van der Waals surface area contributed by atoms with Crippen LogP contribution < -0.4 is 5.32 Å². The highest BCUT2D eigenvalue weighted by molar-refractivity contribution is 6.35. The molecule has 6 nitrogen and oxygen atoms in total. The number of nitro benzene ring substituents is 1. The zero-order chi connectivity index (χ0) is 14.3. The van der Waals surface area contributed by atoms with Crippen molar-refractivity contribution >= 4 is 28.9 Å². The first-order valence-electron chi connectivity index (χ1n) is 5.71. The number of carbonyl (C=O) groups excluding carboxylic acids is 1. The molecule has 1 aromatic heterocycles. The number of fused-ring (bicyclic) bond motifs is 1. The zero-order valence-electron chi connectivity index (χ0n) is 10.0. The van der Waals surface area contributed by atoms with Gasteiger partial charge in [0.25, 0.3) is 5.91 Å². The number of nitro groups is 1. The molecule has 0 saturated heterocycles. The SMILES string of the molecule is O=C1Nc2ccc([N+](=O)[O-])c(F)c2C1=Cc1ccc[nH]1. The van der Waals surface area contributed by atoms with Crippen molar-refractivity contribution in [1.29, 1.82) is 0 Å². The minimum absolute atomic E-state index is 0.0589. The van der Waals surface area contributed by atoms with Gasteiger partial charge in [0.15, 0.2) is 0 Å². The van der Waals surface area contributed by atoms with Crippen molar-refractivity contribution in [1.82, 2.24) is 4.98 Å². The lowest BCUT2D eigenvalue weighted by Gasteiger charge is -2.01. The van der Waals surface area contributed by atoms with E-state index in [1.165, 1.54) is 12.1 Å². The van der Waals surface area contributed by atoms with Crippen LogP contribution >= 0.6 is 0 Å². The van der Waals surface area contributed by atoms with Crippen LogP contribution in [-0.2, 0) is 4.79 Å². The lowest BCUT2D eigenvalue weighted by atomic mass is 10.0. The van der Waals surface area contributed by atoms with Crippen molar-refractivity contribution in [3.8, 4) is 0 Å². The Kier molecular flexibility index (Phi) is 2.60. The molecule has 1 aromatic carbocycles. The van der Waals surface area contributed by atoms with Crippen LogP contribution in [0.25, 0.3) is 11.6 Å². The van der Waals surface area contributed by atoms with Gasteiger partial charge in [0.2, 0.25) is 5.82 Å². The molecule has 0 bridgehead atoms. The lowest BCUT2D eigenvalue weighted by molar-refractivity contribution is -0.387.